The van der Waals surface area contributed by atoms with Crippen LogP contribution in [-0.2, 0) is 26.3 Å². The van der Waals surface area contributed by atoms with E-state index < -0.39 is 35.2 Å². The molecule has 37 heavy (non-hydrogen) atoms. The van der Waals surface area contributed by atoms with E-state index in [0.717, 1.165) is 10.5 Å². The third kappa shape index (κ3) is 3.26. The van der Waals surface area contributed by atoms with E-state index in [4.69, 9.17) is 17.3 Å². The lowest BCUT2D eigenvalue weighted by atomic mass is 9.76. The zero-order chi connectivity index (χ0) is 26.1. The predicted octanol–water partition coefficient (Wildman–Crippen LogP) is 2.92. The highest BCUT2D eigenvalue weighted by atomic mass is 35.5. The van der Waals surface area contributed by atoms with Crippen LogP contribution in [-0.4, -0.2) is 29.7 Å². The lowest BCUT2D eigenvalue weighted by Gasteiger charge is -2.29. The van der Waals surface area contributed by atoms with Crippen LogP contribution in [0.5, 0.6) is 0 Å². The zero-order valence-corrected chi connectivity index (χ0v) is 20.6. The largest absolute Gasteiger partial charge is 0.366 e. The topological polar surface area (TPSA) is 122 Å². The minimum absolute atomic E-state index is 0.264. The zero-order valence-electron chi connectivity index (χ0n) is 19.8. The van der Waals surface area contributed by atoms with Crippen LogP contribution in [0.15, 0.2) is 66.7 Å². The second kappa shape index (κ2) is 8.26. The smallest absolute Gasteiger partial charge is 0.250 e. The number of carbonyl (C=O) groups is 4. The van der Waals surface area contributed by atoms with E-state index in [2.05, 4.69) is 10.6 Å². The molecule has 3 aromatic carbocycles. The summed E-state index contributed by atoms with van der Waals surface area (Å²) in [5.74, 6) is -3.60. The number of nitrogens with one attached hydrogen (secondary N) is 2. The van der Waals surface area contributed by atoms with Gasteiger partial charge < -0.3 is 11.1 Å². The highest BCUT2D eigenvalue weighted by molar-refractivity contribution is 6.32. The lowest BCUT2D eigenvalue weighted by molar-refractivity contribution is -0.130. The Labute approximate surface area is 217 Å². The van der Waals surface area contributed by atoms with E-state index in [1.165, 1.54) is 24.3 Å². The molecule has 2 saturated heterocycles. The monoisotopic (exact) mass is 514 g/mol. The van der Waals surface area contributed by atoms with Crippen LogP contribution in [0.4, 0.5) is 11.4 Å². The molecular weight excluding hydrogens is 492 g/mol. The summed E-state index contributed by atoms with van der Waals surface area (Å²) >= 11 is 6.34. The average Bonchev–Trinajstić information content (AvgIpc) is 3.47. The summed E-state index contributed by atoms with van der Waals surface area (Å²) < 4.78 is 0. The molecule has 3 aliphatic heterocycles. The summed E-state index contributed by atoms with van der Waals surface area (Å²) in [7, 11) is 0. The van der Waals surface area contributed by atoms with E-state index in [1.54, 1.807) is 12.1 Å². The maximum absolute atomic E-state index is 14.1. The molecule has 0 radical (unpaired) electrons. The molecule has 8 nitrogen and oxygen atoms in total. The van der Waals surface area contributed by atoms with Gasteiger partial charge in [0.15, 0.2) is 0 Å². The van der Waals surface area contributed by atoms with Gasteiger partial charge in [0.25, 0.3) is 0 Å². The Morgan fingerprint density at radius 2 is 1.70 bits per heavy atom. The number of nitrogens with zero attached hydrogens (tertiary/aromatic N) is 1. The van der Waals surface area contributed by atoms with Gasteiger partial charge in [-0.3, -0.25) is 24.5 Å². The first-order valence-electron chi connectivity index (χ1n) is 11.9. The standard InChI is InChI=1S/C28H23ClN4O4/c1-14-19(29)12-11-18-23(14)31-27(37)28(18)22-21(20(32-28)13-15-5-3-2-4-6-15)25(35)33(26(22)36)17-9-7-16(8-10-17)24(30)34/h2-12,20-22,32H,13H2,1H3,(H2,30,34)(H,31,37)/t20-,21+,22+,28+/m0/s1. The van der Waals surface area contributed by atoms with Gasteiger partial charge in [0.05, 0.1) is 23.2 Å². The summed E-state index contributed by atoms with van der Waals surface area (Å²) in [4.78, 5) is 54.4. The number of fused-ring (bicyclic) bond motifs is 4. The first kappa shape index (κ1) is 23.4. The fourth-order valence-corrected chi connectivity index (χ4v) is 6.22. The van der Waals surface area contributed by atoms with Crippen molar-refractivity contribution < 1.29 is 19.2 Å². The number of halogens is 1. The van der Waals surface area contributed by atoms with Crippen LogP contribution in [0.2, 0.25) is 5.02 Å². The molecule has 3 heterocycles. The highest BCUT2D eigenvalue weighted by Gasteiger charge is 2.70. The van der Waals surface area contributed by atoms with Crippen molar-refractivity contribution in [1.82, 2.24) is 5.32 Å². The van der Waals surface area contributed by atoms with Gasteiger partial charge >= 0.3 is 0 Å². The Morgan fingerprint density at radius 3 is 2.38 bits per heavy atom. The molecule has 4 amide bonds. The minimum atomic E-state index is -1.43. The SMILES string of the molecule is Cc1c(Cl)ccc2c1NC(=O)[C@@]21N[C@@H](Cc2ccccc2)[C@H]2C(=O)N(c3ccc(C(N)=O)cc3)C(=O)[C@@H]21. The fraction of sp³-hybridized carbons (Fsp3) is 0.214. The van der Waals surface area contributed by atoms with Gasteiger partial charge in [0, 0.05) is 22.2 Å². The summed E-state index contributed by atoms with van der Waals surface area (Å²) in [6.07, 6.45) is 0.451. The Hall–Kier alpha value is -4.01. The second-order valence-electron chi connectivity index (χ2n) is 9.72. The quantitative estimate of drug-likeness (QED) is 0.462. The number of anilines is 2. The summed E-state index contributed by atoms with van der Waals surface area (Å²) in [6.45, 7) is 1.81. The molecule has 186 valence electrons. The van der Waals surface area contributed by atoms with Crippen molar-refractivity contribution in [3.8, 4) is 0 Å². The van der Waals surface area contributed by atoms with E-state index in [-0.39, 0.29) is 17.4 Å². The maximum Gasteiger partial charge on any atom is 0.250 e. The van der Waals surface area contributed by atoms with Crippen LogP contribution in [0, 0.1) is 18.8 Å². The number of imide groups is 1. The first-order chi connectivity index (χ1) is 17.7. The molecule has 0 aliphatic carbocycles. The molecule has 2 fully saturated rings. The average molecular weight is 515 g/mol. The molecule has 3 aliphatic rings. The number of hydrogen-bond donors (Lipinski definition) is 3. The number of nitrogens with two attached hydrogens (primary N) is 1. The molecule has 0 aromatic heterocycles. The van der Waals surface area contributed by atoms with Crippen molar-refractivity contribution in [3.63, 3.8) is 0 Å². The van der Waals surface area contributed by atoms with E-state index in [0.29, 0.717) is 33.9 Å². The van der Waals surface area contributed by atoms with Crippen LogP contribution in [0.3, 0.4) is 0 Å². The number of carbonyl (C=O) groups excluding carboxylic acids is 4. The summed E-state index contributed by atoms with van der Waals surface area (Å²) in [5.41, 5.74) is 7.36. The van der Waals surface area contributed by atoms with Crippen LogP contribution in [0.1, 0.15) is 27.0 Å². The molecule has 4 N–H and O–H groups in total. The van der Waals surface area contributed by atoms with Crippen molar-refractivity contribution in [2.45, 2.75) is 24.9 Å². The molecular formula is C28H23ClN4O4. The van der Waals surface area contributed by atoms with E-state index >= 15 is 0 Å². The Kier molecular flexibility index (Phi) is 5.22. The van der Waals surface area contributed by atoms with Gasteiger partial charge in [0.2, 0.25) is 23.6 Å². The highest BCUT2D eigenvalue weighted by Crippen LogP contribution is 2.55. The molecule has 1 spiro atoms. The number of hydrogen-bond acceptors (Lipinski definition) is 5. The first-order valence-corrected chi connectivity index (χ1v) is 12.3. The van der Waals surface area contributed by atoms with E-state index in [1.807, 2.05) is 37.3 Å². The van der Waals surface area contributed by atoms with Gasteiger partial charge in [-0.1, -0.05) is 48.0 Å². The third-order valence-electron chi connectivity index (χ3n) is 7.79. The molecule has 0 bridgehead atoms. The van der Waals surface area contributed by atoms with Crippen molar-refractivity contribution in [2.75, 3.05) is 10.2 Å². The molecule has 0 unspecified atom stereocenters. The number of amides is 4. The molecule has 0 saturated carbocycles. The van der Waals surface area contributed by atoms with Crippen molar-refractivity contribution >= 4 is 46.6 Å². The molecule has 3 aromatic rings. The van der Waals surface area contributed by atoms with Gasteiger partial charge in [-0.2, -0.15) is 0 Å². The van der Waals surface area contributed by atoms with Crippen LogP contribution in [0.25, 0.3) is 0 Å². The number of benzene rings is 3. The number of rotatable bonds is 4. The Bertz CT molecular complexity index is 1490. The minimum Gasteiger partial charge on any atom is -0.366 e. The van der Waals surface area contributed by atoms with Gasteiger partial charge in [0.1, 0.15) is 5.54 Å². The fourth-order valence-electron chi connectivity index (χ4n) is 6.06. The molecule has 9 heteroatoms. The van der Waals surface area contributed by atoms with Gasteiger partial charge in [-0.05, 0) is 54.8 Å². The predicted molar refractivity (Wildman–Crippen MR) is 138 cm³/mol. The third-order valence-corrected chi connectivity index (χ3v) is 8.20. The Balaban J connectivity index is 1.49. The summed E-state index contributed by atoms with van der Waals surface area (Å²) in [6, 6.07) is 18.6. The number of primary amides is 1. The van der Waals surface area contributed by atoms with Crippen molar-refractivity contribution in [3.05, 3.63) is 94.0 Å². The van der Waals surface area contributed by atoms with Crippen molar-refractivity contribution in [1.29, 1.82) is 0 Å². The van der Waals surface area contributed by atoms with Gasteiger partial charge in [-0.25, -0.2) is 4.90 Å². The van der Waals surface area contributed by atoms with Gasteiger partial charge in [-0.15, -0.1) is 0 Å². The summed E-state index contributed by atoms with van der Waals surface area (Å²) in [5, 5.41) is 6.87. The van der Waals surface area contributed by atoms with Crippen LogP contribution < -0.4 is 21.3 Å². The lowest BCUT2D eigenvalue weighted by Crippen LogP contribution is -2.53. The van der Waals surface area contributed by atoms with E-state index in [9.17, 15) is 19.2 Å². The maximum atomic E-state index is 14.1. The normalized spacial score (nSPS) is 25.9. The van der Waals surface area contributed by atoms with Crippen molar-refractivity contribution in [2.24, 2.45) is 17.6 Å². The Morgan fingerprint density at radius 1 is 1.00 bits per heavy atom. The molecule has 6 rings (SSSR count). The second-order valence-corrected chi connectivity index (χ2v) is 10.1. The molecule has 4 atom stereocenters. The van der Waals surface area contributed by atoms with Crippen LogP contribution >= 0.6 is 11.6 Å².